The van der Waals surface area contributed by atoms with Crippen molar-refractivity contribution in [2.75, 3.05) is 6.61 Å². The van der Waals surface area contributed by atoms with E-state index in [9.17, 15) is 18.0 Å². The van der Waals surface area contributed by atoms with Gasteiger partial charge in [-0.2, -0.15) is 13.2 Å². The van der Waals surface area contributed by atoms with E-state index in [0.717, 1.165) is 6.92 Å². The van der Waals surface area contributed by atoms with Gasteiger partial charge in [0.2, 0.25) is 0 Å². The number of carbonyl (C=O) groups is 1. The van der Waals surface area contributed by atoms with Crippen molar-refractivity contribution < 1.29 is 27.4 Å². The van der Waals surface area contributed by atoms with Crippen LogP contribution in [-0.2, 0) is 14.3 Å². The molecule has 0 amide bonds. The standard InChI is InChI=1S/C9H13F3O3/c1-4-14-7(3)15-8(13)6(2)5-9(10,11)12/h5,7H,4H2,1-3H3/b6-5+. The quantitative estimate of drug-likeness (QED) is 0.419. The van der Waals surface area contributed by atoms with Gasteiger partial charge in [-0.3, -0.25) is 0 Å². The molecule has 0 saturated heterocycles. The summed E-state index contributed by atoms with van der Waals surface area (Å²) in [6.07, 6.45) is -5.47. The molecule has 88 valence electrons. The molecule has 0 aliphatic heterocycles. The third-order valence-corrected chi connectivity index (χ3v) is 1.38. The Morgan fingerprint density at radius 1 is 1.47 bits per heavy atom. The van der Waals surface area contributed by atoms with Gasteiger partial charge in [0.1, 0.15) is 0 Å². The Bertz CT molecular complexity index is 245. The fourth-order valence-electron chi connectivity index (χ4n) is 0.817. The van der Waals surface area contributed by atoms with Gasteiger partial charge in [-0.1, -0.05) is 0 Å². The first-order valence-corrected chi connectivity index (χ1v) is 4.35. The summed E-state index contributed by atoms with van der Waals surface area (Å²) in [7, 11) is 0. The minimum Gasteiger partial charge on any atom is -0.433 e. The average Bonchev–Trinajstić information content (AvgIpc) is 2.00. The van der Waals surface area contributed by atoms with Crippen molar-refractivity contribution in [1.82, 2.24) is 0 Å². The summed E-state index contributed by atoms with van der Waals surface area (Å²) >= 11 is 0. The van der Waals surface area contributed by atoms with Gasteiger partial charge in [0.15, 0.2) is 6.29 Å². The lowest BCUT2D eigenvalue weighted by atomic mass is 10.3. The van der Waals surface area contributed by atoms with Crippen molar-refractivity contribution in [3.63, 3.8) is 0 Å². The minimum atomic E-state index is -4.52. The molecule has 0 aliphatic rings. The highest BCUT2D eigenvalue weighted by Crippen LogP contribution is 2.19. The summed E-state index contributed by atoms with van der Waals surface area (Å²) in [6.45, 7) is 4.47. The third kappa shape index (κ3) is 6.96. The van der Waals surface area contributed by atoms with E-state index < -0.39 is 24.0 Å². The fraction of sp³-hybridized carbons (Fsp3) is 0.667. The number of hydrogen-bond donors (Lipinski definition) is 0. The summed E-state index contributed by atoms with van der Waals surface area (Å²) in [5.74, 6) is -1.03. The predicted molar refractivity (Wildman–Crippen MR) is 47.0 cm³/mol. The number of esters is 1. The molecule has 6 heteroatoms. The van der Waals surface area contributed by atoms with Gasteiger partial charge in [0, 0.05) is 18.3 Å². The normalized spacial score (nSPS) is 14.9. The molecule has 1 atom stereocenters. The Balaban J connectivity index is 4.28. The SMILES string of the molecule is CCOC(C)OC(=O)/C(C)=C/C(F)(F)F. The highest BCUT2D eigenvalue weighted by Gasteiger charge is 2.26. The second-order valence-corrected chi connectivity index (χ2v) is 2.80. The number of hydrogen-bond acceptors (Lipinski definition) is 3. The second kappa shape index (κ2) is 5.75. The van der Waals surface area contributed by atoms with Crippen LogP contribution in [0.2, 0.25) is 0 Å². The van der Waals surface area contributed by atoms with Gasteiger partial charge >= 0.3 is 12.1 Å². The van der Waals surface area contributed by atoms with E-state index >= 15 is 0 Å². The van der Waals surface area contributed by atoms with Crippen LogP contribution in [0, 0.1) is 0 Å². The van der Waals surface area contributed by atoms with Crippen LogP contribution in [0.4, 0.5) is 13.2 Å². The molecule has 0 bridgehead atoms. The van der Waals surface area contributed by atoms with E-state index in [1.165, 1.54) is 6.92 Å². The molecule has 0 heterocycles. The fourth-order valence-corrected chi connectivity index (χ4v) is 0.817. The smallest absolute Gasteiger partial charge is 0.410 e. The molecule has 0 aromatic rings. The molecule has 0 radical (unpaired) electrons. The topological polar surface area (TPSA) is 35.5 Å². The molecule has 0 rings (SSSR count). The molecule has 3 nitrogen and oxygen atoms in total. The Morgan fingerprint density at radius 2 is 2.00 bits per heavy atom. The van der Waals surface area contributed by atoms with E-state index in [2.05, 4.69) is 4.74 Å². The Morgan fingerprint density at radius 3 is 2.40 bits per heavy atom. The third-order valence-electron chi connectivity index (χ3n) is 1.38. The van der Waals surface area contributed by atoms with E-state index in [-0.39, 0.29) is 6.08 Å². The first kappa shape index (κ1) is 14.0. The van der Waals surface area contributed by atoms with Crippen LogP contribution in [0.1, 0.15) is 20.8 Å². The summed E-state index contributed by atoms with van der Waals surface area (Å²) in [5, 5.41) is 0. The highest BCUT2D eigenvalue weighted by atomic mass is 19.4. The number of carbonyl (C=O) groups excluding carboxylic acids is 1. The van der Waals surface area contributed by atoms with Crippen LogP contribution >= 0.6 is 0 Å². The molecule has 0 aliphatic carbocycles. The van der Waals surface area contributed by atoms with Crippen molar-refractivity contribution in [3.8, 4) is 0 Å². The summed E-state index contributed by atoms with van der Waals surface area (Å²) in [4.78, 5) is 11.0. The lowest BCUT2D eigenvalue weighted by Crippen LogP contribution is -2.19. The molecular formula is C9H13F3O3. The molecule has 15 heavy (non-hydrogen) atoms. The van der Waals surface area contributed by atoms with Crippen LogP contribution in [-0.4, -0.2) is 25.0 Å². The van der Waals surface area contributed by atoms with Crippen LogP contribution in [0.3, 0.4) is 0 Å². The van der Waals surface area contributed by atoms with Crippen LogP contribution < -0.4 is 0 Å². The van der Waals surface area contributed by atoms with Gasteiger partial charge in [0.05, 0.1) is 0 Å². The molecule has 0 saturated carbocycles. The van der Waals surface area contributed by atoms with E-state index in [1.807, 2.05) is 0 Å². The van der Waals surface area contributed by atoms with Crippen LogP contribution in [0.15, 0.2) is 11.6 Å². The molecule has 1 unspecified atom stereocenters. The lowest BCUT2D eigenvalue weighted by Gasteiger charge is -2.13. The predicted octanol–water partition coefficient (Wildman–Crippen LogP) is 2.42. The largest absolute Gasteiger partial charge is 0.433 e. The molecule has 0 spiro atoms. The first-order chi connectivity index (χ1) is 6.76. The first-order valence-electron chi connectivity index (χ1n) is 4.35. The molecular weight excluding hydrogens is 213 g/mol. The van der Waals surface area contributed by atoms with E-state index in [0.29, 0.717) is 6.61 Å². The summed E-state index contributed by atoms with van der Waals surface area (Å²) in [5.41, 5.74) is -0.506. The maximum absolute atomic E-state index is 11.8. The van der Waals surface area contributed by atoms with Gasteiger partial charge in [-0.25, -0.2) is 4.79 Å². The molecule has 0 aromatic carbocycles. The number of allylic oxidation sites excluding steroid dienone is 1. The molecule has 0 fully saturated rings. The zero-order valence-corrected chi connectivity index (χ0v) is 8.72. The van der Waals surface area contributed by atoms with Crippen molar-refractivity contribution >= 4 is 5.97 Å². The monoisotopic (exact) mass is 226 g/mol. The van der Waals surface area contributed by atoms with Gasteiger partial charge < -0.3 is 9.47 Å². The highest BCUT2D eigenvalue weighted by molar-refractivity contribution is 5.87. The van der Waals surface area contributed by atoms with E-state index in [1.54, 1.807) is 6.92 Å². The Hall–Kier alpha value is -1.04. The maximum Gasteiger partial charge on any atom is 0.410 e. The molecule has 0 N–H and O–H groups in total. The zero-order valence-electron chi connectivity index (χ0n) is 8.72. The number of rotatable bonds is 4. The van der Waals surface area contributed by atoms with Crippen molar-refractivity contribution in [2.24, 2.45) is 0 Å². The van der Waals surface area contributed by atoms with Gasteiger partial charge in [-0.05, 0) is 20.8 Å². The summed E-state index contributed by atoms with van der Waals surface area (Å²) < 4.78 is 44.9. The van der Waals surface area contributed by atoms with Crippen LogP contribution in [0.5, 0.6) is 0 Å². The van der Waals surface area contributed by atoms with E-state index in [4.69, 9.17) is 4.74 Å². The van der Waals surface area contributed by atoms with Gasteiger partial charge in [-0.15, -0.1) is 0 Å². The van der Waals surface area contributed by atoms with Crippen molar-refractivity contribution in [2.45, 2.75) is 33.2 Å². The zero-order chi connectivity index (χ0) is 12.1. The number of alkyl halides is 3. The summed E-state index contributed by atoms with van der Waals surface area (Å²) in [6, 6.07) is 0. The Labute approximate surface area is 85.9 Å². The maximum atomic E-state index is 11.8. The Kier molecular flexibility index (Phi) is 5.35. The van der Waals surface area contributed by atoms with Crippen molar-refractivity contribution in [1.29, 1.82) is 0 Å². The average molecular weight is 226 g/mol. The molecule has 0 aromatic heterocycles. The van der Waals surface area contributed by atoms with Gasteiger partial charge in [0.25, 0.3) is 0 Å². The second-order valence-electron chi connectivity index (χ2n) is 2.80. The number of halogens is 3. The lowest BCUT2D eigenvalue weighted by molar-refractivity contribution is -0.169. The number of ether oxygens (including phenoxy) is 2. The minimum absolute atomic E-state index is 0.103. The van der Waals surface area contributed by atoms with Crippen molar-refractivity contribution in [3.05, 3.63) is 11.6 Å². The van der Waals surface area contributed by atoms with Crippen LogP contribution in [0.25, 0.3) is 0 Å².